The first-order valence-corrected chi connectivity index (χ1v) is 13.1. The molecule has 0 atom stereocenters. The van der Waals surface area contributed by atoms with E-state index in [4.69, 9.17) is 26.8 Å². The lowest BCUT2D eigenvalue weighted by atomic mass is 10.1. The van der Waals surface area contributed by atoms with Gasteiger partial charge in [-0.05, 0) is 66.2 Å². The van der Waals surface area contributed by atoms with Gasteiger partial charge in [-0.25, -0.2) is 14.4 Å². The molecule has 4 aromatic carbocycles. The summed E-state index contributed by atoms with van der Waals surface area (Å²) in [4.78, 5) is 8.74. The molecule has 0 saturated heterocycles. The average Bonchev–Trinajstić information content (AvgIpc) is 2.99. The van der Waals surface area contributed by atoms with Gasteiger partial charge < -0.3 is 14.8 Å². The number of nitrogens with zero attached hydrogens (tertiary/aromatic N) is 4. The predicted octanol–water partition coefficient (Wildman–Crippen LogP) is 5.98. The summed E-state index contributed by atoms with van der Waals surface area (Å²) in [7, 11) is 0. The number of hydrogen-bond donors (Lipinski definition) is 2. The van der Waals surface area contributed by atoms with Crippen LogP contribution in [0.25, 0.3) is 10.9 Å². The molecule has 0 aliphatic carbocycles. The van der Waals surface area contributed by atoms with E-state index in [-0.39, 0.29) is 25.0 Å². The number of aromatic nitrogens is 2. The van der Waals surface area contributed by atoms with E-state index in [0.717, 1.165) is 9.96 Å². The van der Waals surface area contributed by atoms with Crippen molar-refractivity contribution in [2.75, 3.05) is 11.9 Å². The Labute approximate surface area is 246 Å². The highest BCUT2D eigenvalue weighted by Crippen LogP contribution is 2.31. The normalized spacial score (nSPS) is 11.1. The zero-order chi connectivity index (χ0) is 29.3. The third-order valence-corrected chi connectivity index (χ3v) is 6.23. The van der Waals surface area contributed by atoms with Gasteiger partial charge in [0.15, 0.2) is 0 Å². The van der Waals surface area contributed by atoms with E-state index in [0.29, 0.717) is 44.7 Å². The first-order chi connectivity index (χ1) is 20.5. The molecule has 0 aliphatic heterocycles. The van der Waals surface area contributed by atoms with Crippen LogP contribution in [0.1, 0.15) is 11.1 Å². The predicted molar refractivity (Wildman–Crippen MR) is 159 cm³/mol. The molecule has 1 aromatic heterocycles. The standard InChI is InChI=1S/C32H22ClFN6O2/c33-28-18-25(12-14-30(28)41-19-23-6-4-8-24(34)16-23)39-31-27-17-22(11-13-29(27)37-21-38-31)7-5-15-40(20-35)32(36)42-26-9-2-1-3-10-26/h1-4,6,8-14,16-18,21,36H,15,19H2,(H,37,38,39)/p+1. The van der Waals surface area contributed by atoms with Gasteiger partial charge in [-0.3, -0.25) is 5.73 Å². The highest BCUT2D eigenvalue weighted by molar-refractivity contribution is 6.32. The van der Waals surface area contributed by atoms with Gasteiger partial charge in [-0.1, -0.05) is 53.8 Å². The molecule has 0 radical (unpaired) electrons. The summed E-state index contributed by atoms with van der Waals surface area (Å²) < 4.78 is 25.9. The number of nitrogens with two attached hydrogens (primary N) is 1. The number of amidine groups is 1. The van der Waals surface area contributed by atoms with Crippen LogP contribution in [0.15, 0.2) is 97.3 Å². The molecular weight excluding hydrogens is 555 g/mol. The minimum Gasteiger partial charge on any atom is -0.487 e. The Morgan fingerprint density at radius 3 is 2.64 bits per heavy atom. The Bertz CT molecular complexity index is 1880. The number of rotatable bonds is 7. The van der Waals surface area contributed by atoms with Crippen molar-refractivity contribution in [2.24, 2.45) is 5.73 Å². The first-order valence-electron chi connectivity index (χ1n) is 12.7. The Morgan fingerprint density at radius 2 is 1.86 bits per heavy atom. The Balaban J connectivity index is 1.30. The van der Waals surface area contributed by atoms with E-state index < -0.39 is 0 Å². The van der Waals surface area contributed by atoms with Crippen LogP contribution < -0.4 is 20.5 Å². The molecule has 5 aromatic rings. The maximum absolute atomic E-state index is 13.4. The summed E-state index contributed by atoms with van der Waals surface area (Å²) in [5, 5.41) is 13.9. The van der Waals surface area contributed by atoms with Crippen molar-refractivity contribution in [3.8, 4) is 29.5 Å². The van der Waals surface area contributed by atoms with Gasteiger partial charge in [-0.15, -0.1) is 4.58 Å². The number of benzene rings is 4. The molecular formula is C32H23ClFN6O2+. The van der Waals surface area contributed by atoms with E-state index in [9.17, 15) is 9.65 Å². The zero-order valence-electron chi connectivity index (χ0n) is 22.1. The molecule has 0 unspecified atom stereocenters. The SMILES string of the molecule is N#C[N+](CC#Cc1ccc2ncnc(Nc3ccc(OCc4cccc(F)c4)c(Cl)c3)c2c1)=C(N)Oc1ccccc1. The molecule has 0 spiro atoms. The smallest absolute Gasteiger partial charge is 0.404 e. The minimum absolute atomic E-state index is 0.0374. The highest BCUT2D eigenvalue weighted by Gasteiger charge is 2.10. The van der Waals surface area contributed by atoms with E-state index in [1.54, 1.807) is 54.6 Å². The molecule has 0 aliphatic rings. The van der Waals surface area contributed by atoms with Gasteiger partial charge in [0.25, 0.3) is 0 Å². The molecule has 0 bridgehead atoms. The van der Waals surface area contributed by atoms with Crippen LogP contribution in [0.5, 0.6) is 11.5 Å². The van der Waals surface area contributed by atoms with Gasteiger partial charge >= 0.3 is 12.2 Å². The number of ether oxygens (including phenoxy) is 2. The maximum atomic E-state index is 13.4. The van der Waals surface area contributed by atoms with Crippen molar-refractivity contribution in [1.82, 2.24) is 9.97 Å². The third-order valence-electron chi connectivity index (χ3n) is 5.94. The molecule has 0 saturated carbocycles. The summed E-state index contributed by atoms with van der Waals surface area (Å²) in [5.74, 6) is 7.22. The van der Waals surface area contributed by atoms with Crippen molar-refractivity contribution < 1.29 is 18.4 Å². The average molecular weight is 578 g/mol. The van der Waals surface area contributed by atoms with Crippen LogP contribution in [-0.4, -0.2) is 27.1 Å². The number of nitriles is 1. The number of hydrogen-bond acceptors (Lipinski definition) is 6. The van der Waals surface area contributed by atoms with Crippen LogP contribution in [0.2, 0.25) is 5.02 Å². The Morgan fingerprint density at radius 1 is 1.00 bits per heavy atom. The van der Waals surface area contributed by atoms with E-state index in [2.05, 4.69) is 27.1 Å². The van der Waals surface area contributed by atoms with E-state index in [1.807, 2.05) is 30.5 Å². The highest BCUT2D eigenvalue weighted by atomic mass is 35.5. The molecule has 206 valence electrons. The van der Waals surface area contributed by atoms with Crippen LogP contribution in [0, 0.1) is 29.1 Å². The maximum Gasteiger partial charge on any atom is 0.404 e. The Kier molecular flexibility index (Phi) is 8.73. The van der Waals surface area contributed by atoms with Crippen molar-refractivity contribution in [2.45, 2.75) is 6.61 Å². The minimum atomic E-state index is -0.325. The van der Waals surface area contributed by atoms with Crippen molar-refractivity contribution in [3.63, 3.8) is 0 Å². The summed E-state index contributed by atoms with van der Waals surface area (Å²) in [6.45, 7) is 0.219. The van der Waals surface area contributed by atoms with Crippen LogP contribution in [0.3, 0.4) is 0 Å². The molecule has 0 fully saturated rings. The number of halogens is 2. The monoisotopic (exact) mass is 577 g/mol. The van der Waals surface area contributed by atoms with Crippen LogP contribution in [-0.2, 0) is 6.61 Å². The fraction of sp³-hybridized carbons (Fsp3) is 0.0625. The van der Waals surface area contributed by atoms with Gasteiger partial charge in [0.05, 0.1) is 10.5 Å². The largest absolute Gasteiger partial charge is 0.487 e. The number of fused-ring (bicyclic) bond motifs is 1. The second-order valence-electron chi connectivity index (χ2n) is 8.88. The lowest BCUT2D eigenvalue weighted by molar-refractivity contribution is -0.433. The topological polar surface area (TPSA) is 109 Å². The van der Waals surface area contributed by atoms with Gasteiger partial charge in [0.1, 0.15) is 42.6 Å². The van der Waals surface area contributed by atoms with Crippen LogP contribution in [0.4, 0.5) is 15.9 Å². The summed E-state index contributed by atoms with van der Waals surface area (Å²) in [6.07, 6.45) is 3.44. The van der Waals surface area contributed by atoms with Gasteiger partial charge in [-0.2, -0.15) is 0 Å². The number of anilines is 2. The molecule has 42 heavy (non-hydrogen) atoms. The molecule has 5 rings (SSSR count). The molecule has 10 heteroatoms. The fourth-order valence-electron chi connectivity index (χ4n) is 3.90. The Hall–Kier alpha value is -5.64. The molecule has 1 heterocycles. The molecule has 8 nitrogen and oxygen atoms in total. The number of nitrogens with one attached hydrogen (secondary N) is 1. The van der Waals surface area contributed by atoms with Crippen LogP contribution >= 0.6 is 11.6 Å². The fourth-order valence-corrected chi connectivity index (χ4v) is 4.14. The van der Waals surface area contributed by atoms with Gasteiger partial charge in [0.2, 0.25) is 0 Å². The van der Waals surface area contributed by atoms with E-state index in [1.165, 1.54) is 18.5 Å². The van der Waals surface area contributed by atoms with Gasteiger partial charge in [0, 0.05) is 21.9 Å². The summed E-state index contributed by atoms with van der Waals surface area (Å²) in [6, 6.07) is 25.8. The zero-order valence-corrected chi connectivity index (χ0v) is 22.8. The van der Waals surface area contributed by atoms with E-state index >= 15 is 0 Å². The van der Waals surface area contributed by atoms with Crippen molar-refractivity contribution in [1.29, 1.82) is 5.26 Å². The van der Waals surface area contributed by atoms with Crippen molar-refractivity contribution >= 4 is 40.0 Å². The molecule has 0 amide bonds. The quantitative estimate of drug-likeness (QED) is 0.0611. The summed E-state index contributed by atoms with van der Waals surface area (Å²) >= 11 is 6.46. The third kappa shape index (κ3) is 7.11. The lowest BCUT2D eigenvalue weighted by Gasteiger charge is -2.12. The van der Waals surface area contributed by atoms with Crippen molar-refractivity contribution in [3.05, 3.63) is 119 Å². The first kappa shape index (κ1) is 27.9. The second-order valence-corrected chi connectivity index (χ2v) is 9.29. The lowest BCUT2D eigenvalue weighted by Crippen LogP contribution is -2.31. The summed E-state index contributed by atoms with van der Waals surface area (Å²) in [5.41, 5.74) is 8.74. The number of para-hydroxylation sites is 1. The molecule has 3 N–H and O–H groups in total. The second kappa shape index (κ2) is 13.1.